The van der Waals surface area contributed by atoms with Gasteiger partial charge in [-0.15, -0.1) is 6.92 Å². The molecule has 1 unspecified atom stereocenters. The first kappa shape index (κ1) is 17.2. The van der Waals surface area contributed by atoms with E-state index in [2.05, 4.69) is 0 Å². The fourth-order valence-corrected chi connectivity index (χ4v) is 0.386. The standard InChI is InChI=1S/C6H8O2.W.Y/c1-5(4-7)3-6(2)8;;/h3,5H,1-2H3;;/q-2;;. The first-order chi connectivity index (χ1) is 3.66. The van der Waals surface area contributed by atoms with Gasteiger partial charge in [0.1, 0.15) is 0 Å². The summed E-state index contributed by atoms with van der Waals surface area (Å²) in [4.78, 5) is 19.9. The molecule has 0 aliphatic rings. The third kappa shape index (κ3) is 11.8. The summed E-state index contributed by atoms with van der Waals surface area (Å²) in [7, 11) is 0. The molecule has 0 aliphatic carbocycles. The monoisotopic (exact) mass is 385 g/mol. The van der Waals surface area contributed by atoms with Crippen molar-refractivity contribution in [3.8, 4) is 0 Å². The van der Waals surface area contributed by atoms with Crippen molar-refractivity contribution in [2.24, 2.45) is 5.92 Å². The van der Waals surface area contributed by atoms with Crippen molar-refractivity contribution in [1.29, 1.82) is 0 Å². The molecule has 0 N–H and O–H groups in total. The van der Waals surface area contributed by atoms with Crippen LogP contribution in [0.4, 0.5) is 0 Å². The Kier molecular flexibility index (Phi) is 17.2. The number of ketones is 1. The minimum Gasteiger partial charge on any atom is -0.544 e. The molecule has 55 valence electrons. The Morgan fingerprint density at radius 3 is 2.10 bits per heavy atom. The summed E-state index contributed by atoms with van der Waals surface area (Å²) >= 11 is 0. The van der Waals surface area contributed by atoms with E-state index in [9.17, 15) is 9.59 Å². The third-order valence-corrected chi connectivity index (χ3v) is 0.671. The number of hydrogen-bond donors (Lipinski definition) is 0. The van der Waals surface area contributed by atoms with E-state index in [4.69, 9.17) is 0 Å². The summed E-state index contributed by atoms with van der Waals surface area (Å²) in [6, 6.07) is 0. The van der Waals surface area contributed by atoms with Crippen LogP contribution < -0.4 is 0 Å². The van der Waals surface area contributed by atoms with Crippen molar-refractivity contribution in [2.75, 3.05) is 0 Å². The average molecular weight is 385 g/mol. The normalized spacial score (nSPS) is 9.80. The molecule has 0 aromatic heterocycles. The molecule has 0 bridgehead atoms. The number of hydrogen-bond acceptors (Lipinski definition) is 2. The molecule has 1 radical (unpaired) electrons. The van der Waals surface area contributed by atoms with Crippen molar-refractivity contribution in [3.05, 3.63) is 6.42 Å². The average Bonchev–Trinajstić information content (AvgIpc) is 1.65. The van der Waals surface area contributed by atoms with Crippen LogP contribution in [-0.4, -0.2) is 12.1 Å². The number of carbonyl (C=O) groups excluding carboxylic acids is 2. The van der Waals surface area contributed by atoms with E-state index < -0.39 is 0 Å². The molecule has 0 aromatic carbocycles. The van der Waals surface area contributed by atoms with Crippen LogP contribution in [0, 0.1) is 12.3 Å². The largest absolute Gasteiger partial charge is 0.544 e. The minimum absolute atomic E-state index is 0. The molecule has 0 aromatic rings. The van der Waals surface area contributed by atoms with Crippen LogP contribution in [-0.2, 0) is 63.4 Å². The summed E-state index contributed by atoms with van der Waals surface area (Å²) in [6.07, 6.45) is 3.00. The molecule has 4 heteroatoms. The van der Waals surface area contributed by atoms with E-state index in [1.807, 2.05) is 0 Å². The summed E-state index contributed by atoms with van der Waals surface area (Å²) in [6.45, 7) is 3.03. The molecule has 0 fully saturated rings. The van der Waals surface area contributed by atoms with E-state index in [-0.39, 0.29) is 65.5 Å². The van der Waals surface area contributed by atoms with Crippen molar-refractivity contribution < 1.29 is 63.4 Å². The van der Waals surface area contributed by atoms with Crippen LogP contribution in [0.3, 0.4) is 0 Å². The fourth-order valence-electron chi connectivity index (χ4n) is 0.386. The van der Waals surface area contributed by atoms with Crippen LogP contribution in [0.15, 0.2) is 0 Å². The van der Waals surface area contributed by atoms with Crippen LogP contribution in [0.5, 0.6) is 0 Å². The smallest absolute Gasteiger partial charge is 0 e. The molecule has 0 amide bonds. The Morgan fingerprint density at radius 2 is 2.00 bits per heavy atom. The predicted octanol–water partition coefficient (Wildman–Crippen LogP) is 0.520. The molecule has 0 saturated heterocycles. The number of Topliss-reactive ketones (excluding diaryl/α,β-unsaturated/α-hetero) is 1. The van der Waals surface area contributed by atoms with Crippen molar-refractivity contribution in [2.45, 2.75) is 13.8 Å². The van der Waals surface area contributed by atoms with Crippen LogP contribution in [0.1, 0.15) is 13.8 Å². The summed E-state index contributed by atoms with van der Waals surface area (Å²) in [5.41, 5.74) is 0. The SMILES string of the molecule is CC(=O)[CH-]C(C)[C-]=O.[W].[Y]. The maximum absolute atomic E-state index is 10.2. The van der Waals surface area contributed by atoms with E-state index in [0.717, 1.165) is 0 Å². The maximum Gasteiger partial charge on any atom is 0 e. The minimum atomic E-state index is -0.354. The van der Waals surface area contributed by atoms with Gasteiger partial charge in [-0.2, -0.15) is 0 Å². The second-order valence-corrected chi connectivity index (χ2v) is 1.68. The number of rotatable bonds is 3. The van der Waals surface area contributed by atoms with Gasteiger partial charge >= 0.3 is 0 Å². The topological polar surface area (TPSA) is 34.1 Å². The Hall–Kier alpha value is 1.00. The second kappa shape index (κ2) is 10.0. The Morgan fingerprint density at radius 1 is 1.60 bits per heavy atom. The van der Waals surface area contributed by atoms with Crippen molar-refractivity contribution >= 4 is 12.1 Å². The fraction of sp³-hybridized carbons (Fsp3) is 0.500. The van der Waals surface area contributed by atoms with Crippen LogP contribution in [0.25, 0.3) is 0 Å². The first-order valence-corrected chi connectivity index (χ1v) is 2.40. The van der Waals surface area contributed by atoms with E-state index in [1.54, 1.807) is 13.2 Å². The molecule has 0 spiro atoms. The van der Waals surface area contributed by atoms with Crippen LogP contribution in [0.2, 0.25) is 0 Å². The van der Waals surface area contributed by atoms with Gasteiger partial charge in [0.25, 0.3) is 0 Å². The predicted molar refractivity (Wildman–Crippen MR) is 29.8 cm³/mol. The van der Waals surface area contributed by atoms with Crippen molar-refractivity contribution in [3.63, 3.8) is 0 Å². The molecular formula is C6H8O2WY-2. The molecule has 0 heterocycles. The Labute approximate surface area is 101 Å². The third-order valence-electron chi connectivity index (χ3n) is 0.671. The summed E-state index contributed by atoms with van der Waals surface area (Å²) in [5, 5.41) is 0. The number of carbonyl (C=O) groups is 1. The maximum atomic E-state index is 10.2. The van der Waals surface area contributed by atoms with Gasteiger partial charge in [-0.25, -0.2) is 0 Å². The zero-order valence-electron chi connectivity index (χ0n) is 5.96. The van der Waals surface area contributed by atoms with Gasteiger partial charge in [0, 0.05) is 53.8 Å². The van der Waals surface area contributed by atoms with Gasteiger partial charge in [-0.1, -0.05) is 0 Å². The van der Waals surface area contributed by atoms with Gasteiger partial charge < -0.3 is 16.0 Å². The van der Waals surface area contributed by atoms with E-state index >= 15 is 0 Å². The van der Waals surface area contributed by atoms with Gasteiger partial charge in [-0.3, -0.25) is 12.2 Å². The molecule has 1 atom stereocenters. The van der Waals surface area contributed by atoms with Gasteiger partial charge in [0.2, 0.25) is 0 Å². The van der Waals surface area contributed by atoms with Gasteiger partial charge in [0.05, 0.1) is 0 Å². The van der Waals surface area contributed by atoms with E-state index in [0.29, 0.717) is 0 Å². The Balaban J connectivity index is -0.000000245. The van der Waals surface area contributed by atoms with Gasteiger partial charge in [-0.05, 0) is 12.7 Å². The first-order valence-electron chi connectivity index (χ1n) is 2.40. The Bertz CT molecular complexity index is 106. The van der Waals surface area contributed by atoms with Crippen molar-refractivity contribution in [1.82, 2.24) is 0 Å². The molecular weight excluding hydrogens is 377 g/mol. The molecule has 2 nitrogen and oxygen atoms in total. The summed E-state index contributed by atoms with van der Waals surface area (Å²) < 4.78 is 0. The van der Waals surface area contributed by atoms with Gasteiger partial charge in [0.15, 0.2) is 0 Å². The summed E-state index contributed by atoms with van der Waals surface area (Å²) in [5.74, 6) is -0.437. The molecule has 0 aliphatic heterocycles. The molecule has 10 heavy (non-hydrogen) atoms. The molecule has 0 rings (SSSR count). The molecule has 0 saturated carbocycles. The second-order valence-electron chi connectivity index (χ2n) is 1.68. The van der Waals surface area contributed by atoms with Crippen LogP contribution >= 0.6 is 0 Å². The van der Waals surface area contributed by atoms with E-state index in [1.165, 1.54) is 13.3 Å². The zero-order chi connectivity index (χ0) is 6.57. The zero-order valence-corrected chi connectivity index (χ0v) is 11.7. The quantitative estimate of drug-likeness (QED) is 0.665.